The lowest BCUT2D eigenvalue weighted by atomic mass is 10.2. The quantitative estimate of drug-likeness (QED) is 0.111. The number of carbonyl (C=O) groups excluding carboxylic acids is 4. The van der Waals surface area contributed by atoms with Gasteiger partial charge in [-0.3, -0.25) is 29.0 Å². The van der Waals surface area contributed by atoms with E-state index in [1.807, 2.05) is 0 Å². The summed E-state index contributed by atoms with van der Waals surface area (Å²) in [5, 5.41) is 0. The summed E-state index contributed by atoms with van der Waals surface area (Å²) in [4.78, 5) is 59.5. The van der Waals surface area contributed by atoms with Crippen molar-refractivity contribution in [3.05, 3.63) is 106 Å². The average molecular weight is 861 g/mol. The largest absolute Gasteiger partial charge is 0.493 e. The lowest BCUT2D eigenvalue weighted by Crippen LogP contribution is -2.52. The number of ether oxygens (including phenoxy) is 4. The van der Waals surface area contributed by atoms with Crippen molar-refractivity contribution < 1.29 is 47.0 Å². The number of methoxy groups -OCH3 is 2. The zero-order valence-electron chi connectivity index (χ0n) is 31.2. The smallest absolute Gasteiger partial charge is 0.266 e. The van der Waals surface area contributed by atoms with E-state index in [0.717, 1.165) is 0 Å². The SMILES string of the molecule is COc1cc(C=C2SC(=S)N(Cc3ccco3)C2=O)ccc1OCC(=O)N1CCN(C(=O)COc2ccc(C=C3SC(=S)N(Cc4ccco4)C3=O)cc2OC)CC1. The normalized spacial score (nSPS) is 17.2. The van der Waals surface area contributed by atoms with Crippen molar-refractivity contribution in [3.8, 4) is 23.0 Å². The molecule has 5 heterocycles. The molecule has 2 aromatic carbocycles. The van der Waals surface area contributed by atoms with E-state index in [0.29, 0.717) is 90.3 Å². The number of hydrogen-bond acceptors (Lipinski definition) is 14. The van der Waals surface area contributed by atoms with Crippen molar-refractivity contribution in [1.82, 2.24) is 19.6 Å². The van der Waals surface area contributed by atoms with Gasteiger partial charge in [0, 0.05) is 26.2 Å². The first-order valence-electron chi connectivity index (χ1n) is 17.8. The van der Waals surface area contributed by atoms with Gasteiger partial charge in [-0.05, 0) is 71.8 Å². The molecule has 4 aromatic rings. The molecule has 0 bridgehead atoms. The van der Waals surface area contributed by atoms with Gasteiger partial charge in [-0.2, -0.15) is 0 Å². The number of nitrogens with zero attached hydrogens (tertiary/aromatic N) is 4. The molecule has 0 atom stereocenters. The molecule has 3 fully saturated rings. The molecule has 0 radical (unpaired) electrons. The van der Waals surface area contributed by atoms with Crippen LogP contribution in [0.4, 0.5) is 0 Å². The third-order valence-electron chi connectivity index (χ3n) is 9.19. The summed E-state index contributed by atoms with van der Waals surface area (Å²) in [5.74, 6) is 1.88. The van der Waals surface area contributed by atoms with Gasteiger partial charge in [0.2, 0.25) is 0 Å². The molecule has 58 heavy (non-hydrogen) atoms. The van der Waals surface area contributed by atoms with Gasteiger partial charge < -0.3 is 37.6 Å². The lowest BCUT2D eigenvalue weighted by molar-refractivity contribution is -0.141. The van der Waals surface area contributed by atoms with Crippen LogP contribution in [0.15, 0.2) is 91.8 Å². The molecular weight excluding hydrogens is 825 g/mol. The third-order valence-corrected chi connectivity index (χ3v) is 11.9. The lowest BCUT2D eigenvalue weighted by Gasteiger charge is -2.34. The van der Waals surface area contributed by atoms with Gasteiger partial charge in [-0.1, -0.05) is 60.1 Å². The number of carbonyl (C=O) groups is 4. The topological polar surface area (TPSA) is 144 Å². The van der Waals surface area contributed by atoms with E-state index in [1.54, 1.807) is 95.1 Å². The highest BCUT2D eigenvalue weighted by atomic mass is 32.2. The van der Waals surface area contributed by atoms with Gasteiger partial charge >= 0.3 is 0 Å². The first kappa shape index (κ1) is 40.6. The molecule has 3 aliphatic rings. The number of piperazine rings is 1. The summed E-state index contributed by atoms with van der Waals surface area (Å²) in [5.41, 5.74) is 1.39. The number of benzene rings is 2. The predicted molar refractivity (Wildman–Crippen MR) is 225 cm³/mol. The fourth-order valence-electron chi connectivity index (χ4n) is 6.15. The minimum atomic E-state index is -0.237. The maximum Gasteiger partial charge on any atom is 0.266 e. The second-order valence-electron chi connectivity index (χ2n) is 12.9. The number of rotatable bonds is 14. The summed E-state index contributed by atoms with van der Waals surface area (Å²) >= 11 is 13.3. The number of thiocarbonyl (C=S) groups is 2. The fourth-order valence-corrected chi connectivity index (χ4v) is 8.66. The van der Waals surface area contributed by atoms with Crippen LogP contribution in [-0.4, -0.2) is 105 Å². The van der Waals surface area contributed by atoms with E-state index in [9.17, 15) is 19.2 Å². The summed E-state index contributed by atoms with van der Waals surface area (Å²) < 4.78 is 34.4. The molecule has 2 aromatic heterocycles. The molecule has 3 saturated heterocycles. The van der Waals surface area contributed by atoms with Gasteiger partial charge in [0.05, 0.1) is 49.6 Å². The second kappa shape index (κ2) is 18.4. The van der Waals surface area contributed by atoms with Gasteiger partial charge in [-0.25, -0.2) is 0 Å². The van der Waals surface area contributed by atoms with Crippen molar-refractivity contribution in [2.24, 2.45) is 0 Å². The molecule has 0 unspecified atom stereocenters. The molecule has 18 heteroatoms. The highest BCUT2D eigenvalue weighted by Gasteiger charge is 2.34. The first-order valence-corrected chi connectivity index (χ1v) is 20.3. The third kappa shape index (κ3) is 9.41. The van der Waals surface area contributed by atoms with Gasteiger partial charge in [0.1, 0.15) is 20.2 Å². The predicted octanol–water partition coefficient (Wildman–Crippen LogP) is 5.82. The fraction of sp³-hybridized carbons (Fsp3) is 0.250. The van der Waals surface area contributed by atoms with Crippen molar-refractivity contribution in [2.45, 2.75) is 13.1 Å². The summed E-state index contributed by atoms with van der Waals surface area (Å²) in [7, 11) is 2.99. The number of amides is 4. The maximum atomic E-state index is 13.1. The van der Waals surface area contributed by atoms with Gasteiger partial charge in [0.25, 0.3) is 23.6 Å². The Labute approximate surface area is 352 Å². The Balaban J connectivity index is 0.869. The Kier molecular flexibility index (Phi) is 12.9. The monoisotopic (exact) mass is 860 g/mol. The highest BCUT2D eigenvalue weighted by Crippen LogP contribution is 2.37. The van der Waals surface area contributed by atoms with Crippen molar-refractivity contribution in [2.75, 3.05) is 53.6 Å². The van der Waals surface area contributed by atoms with E-state index in [1.165, 1.54) is 47.5 Å². The van der Waals surface area contributed by atoms with Crippen LogP contribution in [0, 0.1) is 0 Å². The van der Waals surface area contributed by atoms with E-state index in [-0.39, 0.29) is 49.9 Å². The molecule has 4 amide bonds. The zero-order chi connectivity index (χ0) is 40.8. The molecule has 300 valence electrons. The van der Waals surface area contributed by atoms with Gasteiger partial charge in [0.15, 0.2) is 36.2 Å². The Morgan fingerprint density at radius 1 is 0.655 bits per heavy atom. The molecule has 0 spiro atoms. The van der Waals surface area contributed by atoms with Crippen molar-refractivity contribution in [1.29, 1.82) is 0 Å². The standard InChI is InChI=1S/C40H36N4O10S4/c1-49-31-17-25(19-33-37(47)43(39(55)57-33)21-27-5-3-15-51-27)7-9-29(31)53-23-35(45)41-11-13-42(14-12-41)36(46)24-54-30-10-8-26(18-32(30)50-2)20-34-38(48)44(40(56)58-34)22-28-6-4-16-52-28/h3-10,15-20H,11-14,21-24H2,1-2H3. The maximum absolute atomic E-state index is 13.1. The molecule has 7 rings (SSSR count). The number of furan rings is 2. The first-order chi connectivity index (χ1) is 28.1. The zero-order valence-corrected chi connectivity index (χ0v) is 34.5. The second-order valence-corrected chi connectivity index (χ2v) is 16.2. The molecule has 3 aliphatic heterocycles. The van der Waals surface area contributed by atoms with Crippen LogP contribution >= 0.6 is 48.0 Å². The van der Waals surface area contributed by atoms with Crippen molar-refractivity contribution >= 4 is 92.4 Å². The van der Waals surface area contributed by atoms with E-state index in [4.69, 9.17) is 52.2 Å². The Morgan fingerprint density at radius 2 is 1.07 bits per heavy atom. The molecule has 0 N–H and O–H groups in total. The minimum Gasteiger partial charge on any atom is -0.493 e. The van der Waals surface area contributed by atoms with Crippen LogP contribution < -0.4 is 18.9 Å². The van der Waals surface area contributed by atoms with Crippen LogP contribution in [0.25, 0.3) is 12.2 Å². The van der Waals surface area contributed by atoms with Crippen LogP contribution in [0.2, 0.25) is 0 Å². The van der Waals surface area contributed by atoms with E-state index >= 15 is 0 Å². The number of thioether (sulfide) groups is 2. The number of hydrogen-bond donors (Lipinski definition) is 0. The molecule has 0 aliphatic carbocycles. The summed E-state index contributed by atoms with van der Waals surface area (Å²) in [6.07, 6.45) is 6.55. The molecule has 14 nitrogen and oxygen atoms in total. The Hall–Kier alpha value is -5.56. The molecule has 0 saturated carbocycles. The van der Waals surface area contributed by atoms with E-state index in [2.05, 4.69) is 0 Å². The van der Waals surface area contributed by atoms with Crippen LogP contribution in [0.5, 0.6) is 23.0 Å². The highest BCUT2D eigenvalue weighted by molar-refractivity contribution is 8.27. The minimum absolute atomic E-state index is 0.217. The summed E-state index contributed by atoms with van der Waals surface area (Å²) in [6, 6.07) is 17.4. The van der Waals surface area contributed by atoms with Gasteiger partial charge in [-0.15, -0.1) is 0 Å². The molecular formula is C40H36N4O10S4. The Morgan fingerprint density at radius 3 is 1.43 bits per heavy atom. The van der Waals surface area contributed by atoms with E-state index < -0.39 is 0 Å². The van der Waals surface area contributed by atoms with Crippen LogP contribution in [0.3, 0.4) is 0 Å². The van der Waals surface area contributed by atoms with Crippen LogP contribution in [-0.2, 0) is 32.3 Å². The summed E-state index contributed by atoms with van der Waals surface area (Å²) in [6.45, 7) is 1.35. The average Bonchev–Trinajstić information content (AvgIpc) is 4.05. The van der Waals surface area contributed by atoms with Crippen LogP contribution in [0.1, 0.15) is 22.6 Å². The van der Waals surface area contributed by atoms with Crippen molar-refractivity contribution in [3.63, 3.8) is 0 Å². The Bertz CT molecular complexity index is 2130.